The van der Waals surface area contributed by atoms with Gasteiger partial charge in [-0.05, 0) is 45.1 Å². The predicted octanol–water partition coefficient (Wildman–Crippen LogP) is 4.39. The van der Waals surface area contributed by atoms with Gasteiger partial charge in [0, 0.05) is 22.6 Å². The molecule has 0 aliphatic rings. The highest BCUT2D eigenvalue weighted by Gasteiger charge is 2.13. The van der Waals surface area contributed by atoms with Crippen molar-refractivity contribution in [3.63, 3.8) is 0 Å². The van der Waals surface area contributed by atoms with Crippen molar-refractivity contribution in [1.29, 1.82) is 0 Å². The van der Waals surface area contributed by atoms with Gasteiger partial charge < -0.3 is 5.32 Å². The Labute approximate surface area is 127 Å². The molecule has 3 nitrogen and oxygen atoms in total. The molecule has 1 amide bonds. The van der Waals surface area contributed by atoms with Crippen LogP contribution >= 0.6 is 15.9 Å². The SMILES string of the molecule is CC(C)(C)c1ccc(NC(=O)c2cncc(Br)c2)cc1. The molecule has 4 heteroatoms. The Morgan fingerprint density at radius 3 is 2.35 bits per heavy atom. The maximum Gasteiger partial charge on any atom is 0.257 e. The van der Waals surface area contributed by atoms with Crippen LogP contribution in [-0.2, 0) is 5.41 Å². The molecule has 0 bridgehead atoms. The highest BCUT2D eigenvalue weighted by atomic mass is 79.9. The summed E-state index contributed by atoms with van der Waals surface area (Å²) in [4.78, 5) is 16.1. The van der Waals surface area contributed by atoms with Crippen molar-refractivity contribution in [2.75, 3.05) is 5.32 Å². The molecule has 1 aromatic carbocycles. The summed E-state index contributed by atoms with van der Waals surface area (Å²) in [5.74, 6) is -0.165. The molecule has 0 spiro atoms. The van der Waals surface area contributed by atoms with Gasteiger partial charge >= 0.3 is 0 Å². The molecule has 1 heterocycles. The minimum atomic E-state index is -0.165. The summed E-state index contributed by atoms with van der Waals surface area (Å²) in [6, 6.07) is 9.66. The van der Waals surface area contributed by atoms with Gasteiger partial charge in [-0.15, -0.1) is 0 Å². The van der Waals surface area contributed by atoms with Gasteiger partial charge in [-0.2, -0.15) is 0 Å². The number of rotatable bonds is 2. The van der Waals surface area contributed by atoms with Crippen LogP contribution in [0.3, 0.4) is 0 Å². The molecule has 0 radical (unpaired) electrons. The third-order valence-corrected chi connectivity index (χ3v) is 3.41. The maximum atomic E-state index is 12.1. The van der Waals surface area contributed by atoms with E-state index in [1.807, 2.05) is 24.3 Å². The Kier molecular flexibility index (Phi) is 4.23. The van der Waals surface area contributed by atoms with Crippen LogP contribution in [0.1, 0.15) is 36.7 Å². The van der Waals surface area contributed by atoms with E-state index in [4.69, 9.17) is 0 Å². The van der Waals surface area contributed by atoms with Gasteiger partial charge in [0.2, 0.25) is 0 Å². The summed E-state index contributed by atoms with van der Waals surface area (Å²) in [7, 11) is 0. The van der Waals surface area contributed by atoms with Crippen LogP contribution in [0, 0.1) is 0 Å². The summed E-state index contributed by atoms with van der Waals surface area (Å²) >= 11 is 3.30. The average Bonchev–Trinajstić information content (AvgIpc) is 2.38. The molecule has 1 aromatic heterocycles. The van der Waals surface area contributed by atoms with Crippen molar-refractivity contribution >= 4 is 27.5 Å². The summed E-state index contributed by atoms with van der Waals surface area (Å²) in [6.45, 7) is 6.48. The number of halogens is 1. The van der Waals surface area contributed by atoms with Crippen LogP contribution in [0.15, 0.2) is 47.2 Å². The maximum absolute atomic E-state index is 12.1. The number of amides is 1. The molecule has 0 aliphatic carbocycles. The van der Waals surface area contributed by atoms with Gasteiger partial charge in [-0.3, -0.25) is 9.78 Å². The first kappa shape index (κ1) is 14.7. The molecule has 0 unspecified atom stereocenters. The van der Waals surface area contributed by atoms with Crippen LogP contribution in [0.25, 0.3) is 0 Å². The number of hydrogen-bond acceptors (Lipinski definition) is 2. The third kappa shape index (κ3) is 3.67. The van der Waals surface area contributed by atoms with Gasteiger partial charge in [-0.25, -0.2) is 0 Å². The predicted molar refractivity (Wildman–Crippen MR) is 85.0 cm³/mol. The number of nitrogens with zero attached hydrogens (tertiary/aromatic N) is 1. The lowest BCUT2D eigenvalue weighted by atomic mass is 9.87. The third-order valence-electron chi connectivity index (χ3n) is 2.98. The number of anilines is 1. The van der Waals surface area contributed by atoms with E-state index in [2.05, 4.69) is 47.0 Å². The molecule has 104 valence electrons. The van der Waals surface area contributed by atoms with Crippen molar-refractivity contribution < 1.29 is 4.79 Å². The lowest BCUT2D eigenvalue weighted by molar-refractivity contribution is 0.102. The number of carbonyl (C=O) groups excluding carboxylic acids is 1. The Bertz CT molecular complexity index is 615. The van der Waals surface area contributed by atoms with E-state index in [1.54, 1.807) is 18.5 Å². The fourth-order valence-electron chi connectivity index (χ4n) is 1.79. The molecule has 0 atom stereocenters. The molecule has 0 saturated heterocycles. The fraction of sp³-hybridized carbons (Fsp3) is 0.250. The van der Waals surface area contributed by atoms with Crippen LogP contribution < -0.4 is 5.32 Å². The molecule has 1 N–H and O–H groups in total. The Hall–Kier alpha value is -1.68. The van der Waals surface area contributed by atoms with Crippen LogP contribution in [0.2, 0.25) is 0 Å². The van der Waals surface area contributed by atoms with Crippen molar-refractivity contribution in [1.82, 2.24) is 4.98 Å². The number of carbonyl (C=O) groups is 1. The standard InChI is InChI=1S/C16H17BrN2O/c1-16(2,3)12-4-6-14(7-5-12)19-15(20)11-8-13(17)10-18-9-11/h4-10H,1-3H3,(H,19,20). The van der Waals surface area contributed by atoms with Crippen LogP contribution in [-0.4, -0.2) is 10.9 Å². The minimum Gasteiger partial charge on any atom is -0.322 e. The molecular formula is C16H17BrN2O. The zero-order valence-electron chi connectivity index (χ0n) is 11.8. The first-order chi connectivity index (χ1) is 9.36. The van der Waals surface area contributed by atoms with E-state index in [9.17, 15) is 4.79 Å². The van der Waals surface area contributed by atoms with Crippen LogP contribution in [0.5, 0.6) is 0 Å². The van der Waals surface area contributed by atoms with Crippen molar-refractivity contribution in [2.45, 2.75) is 26.2 Å². The van der Waals surface area contributed by atoms with Gasteiger partial charge in [0.25, 0.3) is 5.91 Å². The molecule has 0 aliphatic heterocycles. The van der Waals surface area contributed by atoms with E-state index in [0.29, 0.717) is 5.56 Å². The molecule has 0 saturated carbocycles. The quantitative estimate of drug-likeness (QED) is 0.885. The first-order valence-electron chi connectivity index (χ1n) is 6.39. The monoisotopic (exact) mass is 332 g/mol. The normalized spacial score (nSPS) is 11.2. The molecule has 20 heavy (non-hydrogen) atoms. The largest absolute Gasteiger partial charge is 0.322 e. The Morgan fingerprint density at radius 1 is 1.15 bits per heavy atom. The van der Waals surface area contributed by atoms with E-state index in [1.165, 1.54) is 5.56 Å². The topological polar surface area (TPSA) is 42.0 Å². The second kappa shape index (κ2) is 5.75. The van der Waals surface area contributed by atoms with E-state index >= 15 is 0 Å². The second-order valence-corrected chi connectivity index (χ2v) is 6.59. The van der Waals surface area contributed by atoms with Gasteiger partial charge in [0.1, 0.15) is 0 Å². The lowest BCUT2D eigenvalue weighted by Gasteiger charge is -2.19. The van der Waals surface area contributed by atoms with E-state index < -0.39 is 0 Å². The smallest absolute Gasteiger partial charge is 0.257 e. The number of benzene rings is 1. The highest BCUT2D eigenvalue weighted by Crippen LogP contribution is 2.23. The van der Waals surface area contributed by atoms with Gasteiger partial charge in [-0.1, -0.05) is 32.9 Å². The van der Waals surface area contributed by atoms with Gasteiger partial charge in [0.05, 0.1) is 5.56 Å². The molecular weight excluding hydrogens is 316 g/mol. The minimum absolute atomic E-state index is 0.108. The molecule has 2 rings (SSSR count). The number of pyridine rings is 1. The van der Waals surface area contributed by atoms with E-state index in [0.717, 1.165) is 10.2 Å². The Morgan fingerprint density at radius 2 is 1.80 bits per heavy atom. The van der Waals surface area contributed by atoms with Crippen LogP contribution in [0.4, 0.5) is 5.69 Å². The summed E-state index contributed by atoms with van der Waals surface area (Å²) in [6.07, 6.45) is 3.19. The number of hydrogen-bond donors (Lipinski definition) is 1. The number of nitrogens with one attached hydrogen (secondary N) is 1. The fourth-order valence-corrected chi connectivity index (χ4v) is 2.16. The van der Waals surface area contributed by atoms with Crippen molar-refractivity contribution in [3.8, 4) is 0 Å². The summed E-state index contributed by atoms with van der Waals surface area (Å²) in [5, 5.41) is 2.86. The summed E-state index contributed by atoms with van der Waals surface area (Å²) in [5.41, 5.74) is 2.65. The highest BCUT2D eigenvalue weighted by molar-refractivity contribution is 9.10. The van der Waals surface area contributed by atoms with Gasteiger partial charge in [0.15, 0.2) is 0 Å². The average molecular weight is 333 g/mol. The lowest BCUT2D eigenvalue weighted by Crippen LogP contribution is -2.13. The first-order valence-corrected chi connectivity index (χ1v) is 7.18. The van der Waals surface area contributed by atoms with Crippen molar-refractivity contribution in [3.05, 3.63) is 58.3 Å². The van der Waals surface area contributed by atoms with Crippen molar-refractivity contribution in [2.24, 2.45) is 0 Å². The molecule has 2 aromatic rings. The Balaban J connectivity index is 2.12. The molecule has 0 fully saturated rings. The zero-order valence-corrected chi connectivity index (χ0v) is 13.4. The number of aromatic nitrogens is 1. The van der Waals surface area contributed by atoms with E-state index in [-0.39, 0.29) is 11.3 Å². The second-order valence-electron chi connectivity index (χ2n) is 5.67. The summed E-state index contributed by atoms with van der Waals surface area (Å²) < 4.78 is 0.785. The zero-order chi connectivity index (χ0) is 14.8.